The predicted octanol–water partition coefficient (Wildman–Crippen LogP) is 3.22. The summed E-state index contributed by atoms with van der Waals surface area (Å²) in [6.07, 6.45) is 1.11. The van der Waals surface area contributed by atoms with Crippen LogP contribution in [-0.4, -0.2) is 13.2 Å². The first kappa shape index (κ1) is 10.3. The van der Waals surface area contributed by atoms with Crippen LogP contribution < -0.4 is 0 Å². The number of ether oxygens (including phenoxy) is 1. The minimum atomic E-state index is 0.604. The monoisotopic (exact) mass is 178 g/mol. The summed E-state index contributed by atoms with van der Waals surface area (Å²) >= 11 is 0. The van der Waals surface area contributed by atoms with Crippen molar-refractivity contribution in [3.8, 4) is 0 Å². The van der Waals surface area contributed by atoms with Gasteiger partial charge in [-0.1, -0.05) is 37.3 Å². The molecule has 0 N–H and O–H groups in total. The lowest BCUT2D eigenvalue weighted by Gasteiger charge is -2.10. The van der Waals surface area contributed by atoms with E-state index in [0.29, 0.717) is 5.92 Å². The molecule has 72 valence electrons. The molecule has 1 rings (SSSR count). The summed E-state index contributed by atoms with van der Waals surface area (Å²) in [4.78, 5) is 0. The second kappa shape index (κ2) is 5.76. The lowest BCUT2D eigenvalue weighted by Crippen LogP contribution is -2.00. The second-order valence-corrected chi connectivity index (χ2v) is 3.30. The Kier molecular flexibility index (Phi) is 4.55. The van der Waals surface area contributed by atoms with Crippen molar-refractivity contribution in [2.45, 2.75) is 26.2 Å². The van der Waals surface area contributed by atoms with Crippen molar-refractivity contribution in [2.75, 3.05) is 13.2 Å². The molecule has 1 aromatic rings. The van der Waals surface area contributed by atoms with Crippen molar-refractivity contribution in [1.82, 2.24) is 0 Å². The quantitative estimate of drug-likeness (QED) is 0.629. The molecule has 0 aliphatic heterocycles. The maximum absolute atomic E-state index is 5.33. The fraction of sp³-hybridized carbons (Fsp3) is 0.500. The Hall–Kier alpha value is -0.820. The van der Waals surface area contributed by atoms with Crippen molar-refractivity contribution >= 4 is 0 Å². The SMILES string of the molecule is CCOCCC(C)c1ccccc1. The molecule has 1 nitrogen and oxygen atoms in total. The Bertz CT molecular complexity index is 218. The summed E-state index contributed by atoms with van der Waals surface area (Å²) in [6, 6.07) is 10.6. The van der Waals surface area contributed by atoms with E-state index in [-0.39, 0.29) is 0 Å². The Morgan fingerprint density at radius 3 is 2.54 bits per heavy atom. The van der Waals surface area contributed by atoms with E-state index in [1.54, 1.807) is 0 Å². The van der Waals surface area contributed by atoms with E-state index in [2.05, 4.69) is 37.3 Å². The van der Waals surface area contributed by atoms with Crippen LogP contribution in [0.4, 0.5) is 0 Å². The zero-order chi connectivity index (χ0) is 9.52. The molecule has 0 aromatic heterocycles. The molecule has 0 fully saturated rings. The largest absolute Gasteiger partial charge is 0.382 e. The highest BCUT2D eigenvalue weighted by atomic mass is 16.5. The Morgan fingerprint density at radius 1 is 1.23 bits per heavy atom. The molecule has 0 saturated heterocycles. The van der Waals surface area contributed by atoms with Gasteiger partial charge in [-0.15, -0.1) is 0 Å². The Balaban J connectivity index is 2.35. The van der Waals surface area contributed by atoms with Gasteiger partial charge in [0.2, 0.25) is 0 Å². The molecular formula is C12H18O. The molecule has 0 radical (unpaired) electrons. The van der Waals surface area contributed by atoms with Crippen LogP contribution in [-0.2, 0) is 4.74 Å². The first-order valence-corrected chi connectivity index (χ1v) is 4.97. The average Bonchev–Trinajstić information content (AvgIpc) is 2.19. The standard InChI is InChI=1S/C12H18O/c1-3-13-10-9-11(2)12-7-5-4-6-8-12/h4-8,11H,3,9-10H2,1-2H3. The van der Waals surface area contributed by atoms with Gasteiger partial charge in [-0.05, 0) is 24.8 Å². The third kappa shape index (κ3) is 3.60. The molecule has 0 aliphatic rings. The zero-order valence-corrected chi connectivity index (χ0v) is 8.49. The van der Waals surface area contributed by atoms with E-state index in [1.807, 2.05) is 6.92 Å². The number of rotatable bonds is 5. The van der Waals surface area contributed by atoms with Gasteiger partial charge in [0.25, 0.3) is 0 Å². The van der Waals surface area contributed by atoms with Crippen LogP contribution in [0.25, 0.3) is 0 Å². The van der Waals surface area contributed by atoms with Gasteiger partial charge in [0.15, 0.2) is 0 Å². The maximum atomic E-state index is 5.33. The van der Waals surface area contributed by atoms with E-state index >= 15 is 0 Å². The van der Waals surface area contributed by atoms with Gasteiger partial charge < -0.3 is 4.74 Å². The minimum absolute atomic E-state index is 0.604. The molecule has 0 heterocycles. The van der Waals surface area contributed by atoms with E-state index in [0.717, 1.165) is 19.6 Å². The third-order valence-electron chi connectivity index (χ3n) is 2.27. The molecule has 13 heavy (non-hydrogen) atoms. The predicted molar refractivity (Wildman–Crippen MR) is 56.0 cm³/mol. The summed E-state index contributed by atoms with van der Waals surface area (Å²) in [5.41, 5.74) is 1.40. The topological polar surface area (TPSA) is 9.23 Å². The van der Waals surface area contributed by atoms with E-state index < -0.39 is 0 Å². The van der Waals surface area contributed by atoms with Crippen LogP contribution in [0, 0.1) is 0 Å². The van der Waals surface area contributed by atoms with Crippen LogP contribution in [0.2, 0.25) is 0 Å². The molecule has 0 bridgehead atoms. The maximum Gasteiger partial charge on any atom is 0.0471 e. The molecular weight excluding hydrogens is 160 g/mol. The van der Waals surface area contributed by atoms with Gasteiger partial charge in [0.1, 0.15) is 0 Å². The van der Waals surface area contributed by atoms with Gasteiger partial charge in [0.05, 0.1) is 0 Å². The zero-order valence-electron chi connectivity index (χ0n) is 8.49. The van der Waals surface area contributed by atoms with Crippen molar-refractivity contribution in [1.29, 1.82) is 0 Å². The van der Waals surface area contributed by atoms with Crippen molar-refractivity contribution in [3.05, 3.63) is 35.9 Å². The van der Waals surface area contributed by atoms with Crippen LogP contribution in [0.3, 0.4) is 0 Å². The van der Waals surface area contributed by atoms with Gasteiger partial charge in [-0.3, -0.25) is 0 Å². The van der Waals surface area contributed by atoms with Crippen molar-refractivity contribution in [3.63, 3.8) is 0 Å². The number of hydrogen-bond acceptors (Lipinski definition) is 1. The normalized spacial score (nSPS) is 12.8. The van der Waals surface area contributed by atoms with Crippen LogP contribution >= 0.6 is 0 Å². The number of hydrogen-bond donors (Lipinski definition) is 0. The molecule has 1 heteroatoms. The highest BCUT2D eigenvalue weighted by molar-refractivity contribution is 5.18. The molecule has 0 spiro atoms. The summed E-state index contributed by atoms with van der Waals surface area (Å²) in [5, 5.41) is 0. The molecule has 1 aromatic carbocycles. The third-order valence-corrected chi connectivity index (χ3v) is 2.27. The number of benzene rings is 1. The fourth-order valence-corrected chi connectivity index (χ4v) is 1.35. The first-order valence-electron chi connectivity index (χ1n) is 4.97. The highest BCUT2D eigenvalue weighted by Crippen LogP contribution is 2.17. The van der Waals surface area contributed by atoms with E-state index in [9.17, 15) is 0 Å². The Labute approximate surface area is 80.7 Å². The van der Waals surface area contributed by atoms with Gasteiger partial charge in [0, 0.05) is 13.2 Å². The molecule has 0 saturated carbocycles. The van der Waals surface area contributed by atoms with Crippen LogP contribution in [0.15, 0.2) is 30.3 Å². The minimum Gasteiger partial charge on any atom is -0.382 e. The summed E-state index contributed by atoms with van der Waals surface area (Å²) in [5.74, 6) is 0.604. The lowest BCUT2D eigenvalue weighted by molar-refractivity contribution is 0.141. The fourth-order valence-electron chi connectivity index (χ4n) is 1.35. The van der Waals surface area contributed by atoms with Gasteiger partial charge in [-0.2, -0.15) is 0 Å². The van der Waals surface area contributed by atoms with Gasteiger partial charge in [-0.25, -0.2) is 0 Å². The summed E-state index contributed by atoms with van der Waals surface area (Å²) < 4.78 is 5.33. The summed E-state index contributed by atoms with van der Waals surface area (Å²) in [6.45, 7) is 5.97. The first-order chi connectivity index (χ1) is 6.34. The smallest absolute Gasteiger partial charge is 0.0471 e. The lowest BCUT2D eigenvalue weighted by atomic mass is 9.98. The molecule has 0 aliphatic carbocycles. The van der Waals surface area contributed by atoms with E-state index in [4.69, 9.17) is 4.74 Å². The second-order valence-electron chi connectivity index (χ2n) is 3.30. The van der Waals surface area contributed by atoms with Gasteiger partial charge >= 0.3 is 0 Å². The van der Waals surface area contributed by atoms with Crippen molar-refractivity contribution in [2.24, 2.45) is 0 Å². The molecule has 1 atom stereocenters. The van der Waals surface area contributed by atoms with Crippen molar-refractivity contribution < 1.29 is 4.74 Å². The van der Waals surface area contributed by atoms with Crippen LogP contribution in [0.5, 0.6) is 0 Å². The van der Waals surface area contributed by atoms with Crippen LogP contribution in [0.1, 0.15) is 31.7 Å². The summed E-state index contributed by atoms with van der Waals surface area (Å²) in [7, 11) is 0. The molecule has 1 unspecified atom stereocenters. The average molecular weight is 178 g/mol. The Morgan fingerprint density at radius 2 is 1.92 bits per heavy atom. The highest BCUT2D eigenvalue weighted by Gasteiger charge is 2.03. The van der Waals surface area contributed by atoms with E-state index in [1.165, 1.54) is 5.56 Å². The molecule has 0 amide bonds.